The van der Waals surface area contributed by atoms with E-state index in [1.165, 1.54) is 19.1 Å². The summed E-state index contributed by atoms with van der Waals surface area (Å²) in [5.41, 5.74) is 1.24. The van der Waals surface area contributed by atoms with Gasteiger partial charge in [-0.05, 0) is 56.1 Å². The molecule has 4 aliphatic heterocycles. The van der Waals surface area contributed by atoms with Crippen LogP contribution in [0.2, 0.25) is 5.02 Å². The molecular formula is C25H24ClN3O5. The fourth-order valence-corrected chi connectivity index (χ4v) is 6.92. The van der Waals surface area contributed by atoms with Crippen molar-refractivity contribution in [2.45, 2.75) is 31.3 Å². The third kappa shape index (κ3) is 2.45. The van der Waals surface area contributed by atoms with Gasteiger partial charge in [-0.15, -0.1) is 0 Å². The molecule has 0 aliphatic carbocycles. The Kier molecular flexibility index (Phi) is 4.54. The molecule has 3 saturated heterocycles. The van der Waals surface area contributed by atoms with Crippen LogP contribution in [0.5, 0.6) is 11.5 Å². The number of imide groups is 1. The summed E-state index contributed by atoms with van der Waals surface area (Å²) >= 11 is 6.44. The number of nitrogens with one attached hydrogen (secondary N) is 1. The number of rotatable bonds is 3. The van der Waals surface area contributed by atoms with Crippen LogP contribution >= 0.6 is 11.6 Å². The molecule has 0 bridgehead atoms. The zero-order valence-electron chi connectivity index (χ0n) is 19.1. The van der Waals surface area contributed by atoms with Crippen molar-refractivity contribution in [1.82, 2.24) is 4.90 Å². The van der Waals surface area contributed by atoms with Gasteiger partial charge in [-0.25, -0.2) is 4.90 Å². The van der Waals surface area contributed by atoms with Crippen LogP contribution in [0.1, 0.15) is 24.0 Å². The summed E-state index contributed by atoms with van der Waals surface area (Å²) in [6, 6.07) is 8.35. The molecule has 0 radical (unpaired) electrons. The topological polar surface area (TPSA) is 88.2 Å². The third-order valence-corrected chi connectivity index (χ3v) is 8.11. The minimum atomic E-state index is -1.27. The quantitative estimate of drug-likeness (QED) is 0.678. The molecule has 2 aromatic rings. The summed E-state index contributed by atoms with van der Waals surface area (Å²) < 4.78 is 10.8. The van der Waals surface area contributed by atoms with Crippen molar-refractivity contribution in [3.05, 3.63) is 46.5 Å². The third-order valence-electron chi connectivity index (χ3n) is 7.89. The van der Waals surface area contributed by atoms with E-state index in [0.29, 0.717) is 40.0 Å². The van der Waals surface area contributed by atoms with E-state index in [0.717, 1.165) is 18.4 Å². The number of anilines is 2. The first kappa shape index (κ1) is 21.4. The number of hydrogen-bond acceptors (Lipinski definition) is 6. The Labute approximate surface area is 201 Å². The largest absolute Gasteiger partial charge is 0.497 e. The predicted molar refractivity (Wildman–Crippen MR) is 125 cm³/mol. The maximum absolute atomic E-state index is 14.2. The standard InChI is InChI=1S/C25H24ClN3O5/c1-12-9-13(26)10-15-21(12)27-24(32)25(15)20-19(16-5-4-8-28(16)25)22(30)29(23(20)31)17-11-14(33-2)6-7-18(17)34-3/h6-7,9-11,16,19-20H,4-5,8H2,1-3H3,(H,27,32). The van der Waals surface area contributed by atoms with E-state index in [9.17, 15) is 14.4 Å². The number of carbonyl (C=O) groups is 3. The minimum absolute atomic E-state index is 0.209. The van der Waals surface area contributed by atoms with E-state index in [1.54, 1.807) is 30.3 Å². The summed E-state index contributed by atoms with van der Waals surface area (Å²) in [5, 5.41) is 3.51. The molecule has 34 heavy (non-hydrogen) atoms. The molecule has 4 atom stereocenters. The van der Waals surface area contributed by atoms with Gasteiger partial charge in [-0.1, -0.05) is 11.6 Å². The maximum atomic E-state index is 14.2. The lowest BCUT2D eigenvalue weighted by atomic mass is 9.75. The van der Waals surface area contributed by atoms with Crippen LogP contribution in [-0.2, 0) is 19.9 Å². The Balaban J connectivity index is 1.57. The minimum Gasteiger partial charge on any atom is -0.497 e. The van der Waals surface area contributed by atoms with Crippen molar-refractivity contribution in [2.75, 3.05) is 31.0 Å². The highest BCUT2D eigenvalue weighted by Gasteiger charge is 2.75. The summed E-state index contributed by atoms with van der Waals surface area (Å²) in [4.78, 5) is 45.1. The van der Waals surface area contributed by atoms with E-state index in [2.05, 4.69) is 10.2 Å². The second-order valence-corrected chi connectivity index (χ2v) is 9.76. The van der Waals surface area contributed by atoms with Crippen LogP contribution in [0.25, 0.3) is 0 Å². The molecule has 1 spiro atoms. The van der Waals surface area contributed by atoms with Crippen molar-refractivity contribution in [2.24, 2.45) is 11.8 Å². The Morgan fingerprint density at radius 1 is 1.09 bits per heavy atom. The number of aryl methyl sites for hydroxylation is 1. The average molecular weight is 482 g/mol. The molecule has 0 saturated carbocycles. The normalized spacial score (nSPS) is 29.5. The molecule has 4 aliphatic rings. The van der Waals surface area contributed by atoms with Gasteiger partial charge in [0, 0.05) is 28.4 Å². The van der Waals surface area contributed by atoms with Gasteiger partial charge >= 0.3 is 0 Å². The Hall–Kier alpha value is -3.10. The first-order valence-electron chi connectivity index (χ1n) is 11.3. The number of halogens is 1. The zero-order valence-corrected chi connectivity index (χ0v) is 19.8. The van der Waals surface area contributed by atoms with Gasteiger partial charge in [0.25, 0.3) is 0 Å². The lowest BCUT2D eigenvalue weighted by molar-refractivity contribution is -0.135. The van der Waals surface area contributed by atoms with Crippen LogP contribution in [-0.4, -0.2) is 49.4 Å². The smallest absolute Gasteiger partial charge is 0.250 e. The molecule has 3 fully saturated rings. The van der Waals surface area contributed by atoms with Crippen molar-refractivity contribution in [3.63, 3.8) is 0 Å². The molecule has 1 N–H and O–H groups in total. The molecule has 3 amide bonds. The van der Waals surface area contributed by atoms with Gasteiger partial charge in [-0.2, -0.15) is 0 Å². The molecule has 4 heterocycles. The molecule has 2 aromatic carbocycles. The number of ether oxygens (including phenoxy) is 2. The second kappa shape index (κ2) is 7.20. The SMILES string of the molecule is COc1ccc(OC)c(N2C(=O)C3C4CCCN4C4(C(=O)Nc5c(C)cc(Cl)cc54)C3C2=O)c1. The van der Waals surface area contributed by atoms with Gasteiger partial charge in [0.1, 0.15) is 17.0 Å². The van der Waals surface area contributed by atoms with Gasteiger partial charge in [-0.3, -0.25) is 19.3 Å². The van der Waals surface area contributed by atoms with Crippen molar-refractivity contribution < 1.29 is 23.9 Å². The summed E-state index contributed by atoms with van der Waals surface area (Å²) in [6.45, 7) is 2.52. The second-order valence-electron chi connectivity index (χ2n) is 9.32. The first-order valence-corrected chi connectivity index (χ1v) is 11.7. The predicted octanol–water partition coefficient (Wildman–Crippen LogP) is 3.10. The Morgan fingerprint density at radius 2 is 1.88 bits per heavy atom. The summed E-state index contributed by atoms with van der Waals surface area (Å²) in [7, 11) is 3.01. The van der Waals surface area contributed by atoms with Gasteiger partial charge in [0.15, 0.2) is 0 Å². The van der Waals surface area contributed by atoms with Crippen LogP contribution in [0.4, 0.5) is 11.4 Å². The van der Waals surface area contributed by atoms with Crippen molar-refractivity contribution in [1.29, 1.82) is 0 Å². The van der Waals surface area contributed by atoms with Crippen molar-refractivity contribution >= 4 is 40.7 Å². The zero-order chi connectivity index (χ0) is 23.9. The van der Waals surface area contributed by atoms with Gasteiger partial charge in [0.2, 0.25) is 17.7 Å². The van der Waals surface area contributed by atoms with E-state index in [-0.39, 0.29) is 17.9 Å². The highest BCUT2D eigenvalue weighted by Crippen LogP contribution is 2.61. The number of hydrogen-bond donors (Lipinski definition) is 1. The highest BCUT2D eigenvalue weighted by molar-refractivity contribution is 6.31. The molecule has 4 unspecified atom stereocenters. The maximum Gasteiger partial charge on any atom is 0.250 e. The molecular weight excluding hydrogens is 458 g/mol. The number of amides is 3. The Morgan fingerprint density at radius 3 is 2.62 bits per heavy atom. The fourth-order valence-electron chi connectivity index (χ4n) is 6.64. The lowest BCUT2D eigenvalue weighted by Gasteiger charge is -2.36. The molecule has 176 valence electrons. The van der Waals surface area contributed by atoms with Gasteiger partial charge < -0.3 is 14.8 Å². The number of benzene rings is 2. The molecule has 6 rings (SSSR count). The van der Waals surface area contributed by atoms with E-state index in [1.807, 2.05) is 6.92 Å². The average Bonchev–Trinajstić information content (AvgIpc) is 3.52. The van der Waals surface area contributed by atoms with Crippen LogP contribution in [0.15, 0.2) is 30.3 Å². The summed E-state index contributed by atoms with van der Waals surface area (Å²) in [5.74, 6) is -1.60. The molecule has 8 nitrogen and oxygen atoms in total. The van der Waals surface area contributed by atoms with Gasteiger partial charge in [0.05, 0.1) is 31.7 Å². The number of fused-ring (bicyclic) bond motifs is 7. The monoisotopic (exact) mass is 481 g/mol. The van der Waals surface area contributed by atoms with E-state index in [4.69, 9.17) is 21.1 Å². The Bertz CT molecular complexity index is 1280. The van der Waals surface area contributed by atoms with Crippen molar-refractivity contribution in [3.8, 4) is 11.5 Å². The number of nitrogens with zero attached hydrogens (tertiary/aromatic N) is 2. The number of carbonyl (C=O) groups excluding carboxylic acids is 3. The van der Waals surface area contributed by atoms with E-state index < -0.39 is 23.3 Å². The summed E-state index contributed by atoms with van der Waals surface area (Å²) in [6.07, 6.45) is 1.59. The number of methoxy groups -OCH3 is 2. The highest BCUT2D eigenvalue weighted by atomic mass is 35.5. The fraction of sp³-hybridized carbons (Fsp3) is 0.400. The lowest BCUT2D eigenvalue weighted by Crippen LogP contribution is -2.54. The van der Waals surface area contributed by atoms with Crippen LogP contribution in [0, 0.1) is 18.8 Å². The van der Waals surface area contributed by atoms with Crippen LogP contribution < -0.4 is 19.7 Å². The van der Waals surface area contributed by atoms with Crippen LogP contribution in [0.3, 0.4) is 0 Å². The first-order chi connectivity index (χ1) is 16.3. The molecule has 0 aromatic heterocycles. The molecule has 9 heteroatoms. The van der Waals surface area contributed by atoms with E-state index >= 15 is 0 Å².